The molecule has 0 fully saturated rings. The highest BCUT2D eigenvalue weighted by molar-refractivity contribution is 7.05. The Morgan fingerprint density at radius 1 is 0.408 bits per heavy atom. The minimum absolute atomic E-state index is 0.929. The van der Waals surface area contributed by atoms with Crippen molar-refractivity contribution in [2.75, 3.05) is 0 Å². The van der Waals surface area contributed by atoms with E-state index < -0.39 is 8.07 Å². The molecule has 7 aromatic carbocycles. The molecule has 3 heterocycles. The van der Waals surface area contributed by atoms with Gasteiger partial charge in [-0.1, -0.05) is 153 Å². The quantitative estimate of drug-likeness (QED) is 0.142. The average Bonchev–Trinajstić information content (AvgIpc) is 3.40. The molecule has 230 valence electrons. The lowest BCUT2D eigenvalue weighted by molar-refractivity contribution is 1.36. The SMILES string of the molecule is C[Si]1(C)c2ccccc2-c2ccc3cc(-c4ccc(-c5ccc6ccc7ccc(-c8ccccc8)nc7c6n5)cc4)c4ccccc4c3c21. The highest BCUT2D eigenvalue weighted by atomic mass is 28.3. The van der Waals surface area contributed by atoms with Crippen LogP contribution in [0.5, 0.6) is 0 Å². The van der Waals surface area contributed by atoms with Gasteiger partial charge in [0.1, 0.15) is 8.07 Å². The summed E-state index contributed by atoms with van der Waals surface area (Å²) < 4.78 is 0. The van der Waals surface area contributed by atoms with Gasteiger partial charge < -0.3 is 0 Å². The maximum atomic E-state index is 5.21. The van der Waals surface area contributed by atoms with Gasteiger partial charge in [-0.15, -0.1) is 0 Å². The average molecular weight is 641 g/mol. The van der Waals surface area contributed by atoms with E-state index in [1.165, 1.54) is 43.8 Å². The molecule has 2 nitrogen and oxygen atoms in total. The van der Waals surface area contributed by atoms with E-state index in [1.807, 2.05) is 6.07 Å². The largest absolute Gasteiger partial charge is 0.245 e. The summed E-state index contributed by atoms with van der Waals surface area (Å²) in [6.07, 6.45) is 0. The Bertz CT molecular complexity index is 2780. The van der Waals surface area contributed by atoms with Crippen molar-refractivity contribution < 1.29 is 0 Å². The standard InChI is InChI=1S/C46H32N2Si/c1-49(2)42-15-9-8-13-36(42)38-25-22-34-28-39(35-12-6-7-14-37(35)43(34)46(38)49)29-16-18-31(19-17-29)41-27-24-33-21-20-32-23-26-40(30-10-4-3-5-11-30)47-44(32)45(33)48-41/h3-28H,1-2H3. The number of pyridine rings is 2. The van der Waals surface area contributed by atoms with E-state index >= 15 is 0 Å². The molecule has 0 atom stereocenters. The first-order valence-corrected chi connectivity index (χ1v) is 20.0. The van der Waals surface area contributed by atoms with Crippen molar-refractivity contribution in [2.24, 2.45) is 0 Å². The van der Waals surface area contributed by atoms with Crippen molar-refractivity contribution in [1.29, 1.82) is 0 Å². The fourth-order valence-corrected chi connectivity index (χ4v) is 11.7. The Labute approximate surface area is 286 Å². The predicted octanol–water partition coefficient (Wildman–Crippen LogP) is 10.9. The molecule has 3 heteroatoms. The molecule has 0 spiro atoms. The van der Waals surface area contributed by atoms with Gasteiger partial charge in [0.15, 0.2) is 0 Å². The molecule has 9 aromatic rings. The van der Waals surface area contributed by atoms with E-state index in [1.54, 1.807) is 10.4 Å². The van der Waals surface area contributed by atoms with E-state index in [2.05, 4.69) is 165 Å². The minimum Gasteiger partial charge on any atom is -0.245 e. The maximum Gasteiger partial charge on any atom is 0.114 e. The number of hydrogen-bond donors (Lipinski definition) is 0. The van der Waals surface area contributed by atoms with Gasteiger partial charge in [0, 0.05) is 21.9 Å². The van der Waals surface area contributed by atoms with E-state index in [4.69, 9.17) is 9.97 Å². The summed E-state index contributed by atoms with van der Waals surface area (Å²) >= 11 is 0. The van der Waals surface area contributed by atoms with Gasteiger partial charge in [0.2, 0.25) is 0 Å². The summed E-state index contributed by atoms with van der Waals surface area (Å²) in [5.41, 5.74) is 11.3. The molecule has 2 aromatic heterocycles. The van der Waals surface area contributed by atoms with Crippen LogP contribution in [0.1, 0.15) is 0 Å². The summed E-state index contributed by atoms with van der Waals surface area (Å²) in [4.78, 5) is 10.3. The molecule has 0 unspecified atom stereocenters. The Morgan fingerprint density at radius 2 is 0.959 bits per heavy atom. The van der Waals surface area contributed by atoms with Gasteiger partial charge in [-0.05, 0) is 72.4 Å². The van der Waals surface area contributed by atoms with Crippen molar-refractivity contribution in [2.45, 2.75) is 13.1 Å². The van der Waals surface area contributed by atoms with Gasteiger partial charge in [-0.2, -0.15) is 0 Å². The number of hydrogen-bond acceptors (Lipinski definition) is 2. The minimum atomic E-state index is -1.87. The Kier molecular flexibility index (Phi) is 6.06. The molecule has 0 saturated carbocycles. The van der Waals surface area contributed by atoms with E-state index in [-0.39, 0.29) is 0 Å². The zero-order valence-corrected chi connectivity index (χ0v) is 28.4. The third-order valence-electron chi connectivity index (χ3n) is 10.6. The summed E-state index contributed by atoms with van der Waals surface area (Å²) in [5, 5.41) is 10.7. The molecule has 0 aliphatic carbocycles. The molecule has 0 N–H and O–H groups in total. The van der Waals surface area contributed by atoms with Crippen LogP contribution >= 0.6 is 0 Å². The lowest BCUT2D eigenvalue weighted by atomic mass is 9.91. The van der Waals surface area contributed by atoms with Crippen LogP contribution in [-0.2, 0) is 0 Å². The van der Waals surface area contributed by atoms with Crippen LogP contribution in [0.3, 0.4) is 0 Å². The molecule has 0 saturated heterocycles. The number of aromatic nitrogens is 2. The summed E-state index contributed by atoms with van der Waals surface area (Å²) in [5.74, 6) is 0. The molecule has 49 heavy (non-hydrogen) atoms. The zero-order chi connectivity index (χ0) is 32.7. The Balaban J connectivity index is 1.09. The number of benzene rings is 7. The fraction of sp³-hybridized carbons (Fsp3) is 0.0435. The lowest BCUT2D eigenvalue weighted by Gasteiger charge is -2.22. The van der Waals surface area contributed by atoms with Crippen molar-refractivity contribution in [3.63, 3.8) is 0 Å². The first-order chi connectivity index (χ1) is 24.0. The Hall–Kier alpha value is -5.90. The lowest BCUT2D eigenvalue weighted by Crippen LogP contribution is -2.49. The van der Waals surface area contributed by atoms with Crippen LogP contribution in [-0.4, -0.2) is 18.0 Å². The molecule has 0 bridgehead atoms. The van der Waals surface area contributed by atoms with E-state index in [9.17, 15) is 0 Å². The molecule has 1 aliphatic rings. The molecule has 0 radical (unpaired) electrons. The van der Waals surface area contributed by atoms with Crippen LogP contribution in [0, 0.1) is 0 Å². The van der Waals surface area contributed by atoms with Crippen LogP contribution in [0.15, 0.2) is 158 Å². The number of rotatable bonds is 3. The fourth-order valence-electron chi connectivity index (χ4n) is 8.23. The van der Waals surface area contributed by atoms with Crippen molar-refractivity contribution in [3.8, 4) is 44.8 Å². The monoisotopic (exact) mass is 640 g/mol. The van der Waals surface area contributed by atoms with E-state index in [0.29, 0.717) is 0 Å². The maximum absolute atomic E-state index is 5.21. The highest BCUT2D eigenvalue weighted by Gasteiger charge is 2.39. The topological polar surface area (TPSA) is 25.8 Å². The van der Waals surface area contributed by atoms with Gasteiger partial charge in [0.05, 0.1) is 22.4 Å². The van der Waals surface area contributed by atoms with Gasteiger partial charge in [-0.25, -0.2) is 9.97 Å². The zero-order valence-electron chi connectivity index (χ0n) is 27.4. The second kappa shape index (κ2) is 10.5. The van der Waals surface area contributed by atoms with Crippen LogP contribution in [0.25, 0.3) is 88.1 Å². The smallest absolute Gasteiger partial charge is 0.114 e. The molecule has 1 aliphatic heterocycles. The Morgan fingerprint density at radius 3 is 1.67 bits per heavy atom. The first-order valence-electron chi connectivity index (χ1n) is 17.0. The third-order valence-corrected chi connectivity index (χ3v) is 14.2. The van der Waals surface area contributed by atoms with Crippen LogP contribution < -0.4 is 10.4 Å². The summed E-state index contributed by atoms with van der Waals surface area (Å²) in [6, 6.07) is 57.3. The molecule has 10 rings (SSSR count). The van der Waals surface area contributed by atoms with Crippen molar-refractivity contribution in [3.05, 3.63) is 158 Å². The van der Waals surface area contributed by atoms with Crippen molar-refractivity contribution in [1.82, 2.24) is 9.97 Å². The van der Waals surface area contributed by atoms with E-state index in [0.717, 1.165) is 44.3 Å². The summed E-state index contributed by atoms with van der Waals surface area (Å²) in [6.45, 7) is 5.03. The molecule has 0 amide bonds. The van der Waals surface area contributed by atoms with Crippen LogP contribution in [0.4, 0.5) is 0 Å². The van der Waals surface area contributed by atoms with Crippen molar-refractivity contribution >= 4 is 61.8 Å². The third kappa shape index (κ3) is 4.26. The molecular formula is C46H32N2Si. The van der Waals surface area contributed by atoms with Gasteiger partial charge >= 0.3 is 0 Å². The predicted molar refractivity (Wildman–Crippen MR) is 211 cm³/mol. The van der Waals surface area contributed by atoms with Gasteiger partial charge in [0.25, 0.3) is 0 Å². The first kappa shape index (κ1) is 28.1. The number of fused-ring (bicyclic) bond motifs is 10. The van der Waals surface area contributed by atoms with Crippen LogP contribution in [0.2, 0.25) is 13.1 Å². The molecular weight excluding hydrogens is 609 g/mol. The van der Waals surface area contributed by atoms with Gasteiger partial charge in [-0.3, -0.25) is 0 Å². The highest BCUT2D eigenvalue weighted by Crippen LogP contribution is 2.40. The number of nitrogens with zero attached hydrogens (tertiary/aromatic N) is 2. The second-order valence-corrected chi connectivity index (χ2v) is 18.1. The normalized spacial score (nSPS) is 13.3. The summed E-state index contributed by atoms with van der Waals surface area (Å²) in [7, 11) is -1.87. The second-order valence-electron chi connectivity index (χ2n) is 13.8.